The van der Waals surface area contributed by atoms with Crippen molar-refractivity contribution < 1.29 is 19.4 Å². The number of hydrogen-bond acceptors (Lipinski definition) is 3. The summed E-state index contributed by atoms with van der Waals surface area (Å²) in [6.07, 6.45) is 18.2. The maximum absolute atomic E-state index is 11.9. The molecule has 0 saturated heterocycles. The van der Waals surface area contributed by atoms with E-state index in [1.807, 2.05) is 0 Å². The van der Waals surface area contributed by atoms with Gasteiger partial charge in [0.2, 0.25) is 0 Å². The van der Waals surface area contributed by atoms with Crippen molar-refractivity contribution in [3.63, 3.8) is 0 Å². The van der Waals surface area contributed by atoms with Crippen LogP contribution in [0.3, 0.4) is 0 Å². The lowest BCUT2D eigenvalue weighted by Gasteiger charge is -2.05. The van der Waals surface area contributed by atoms with Crippen LogP contribution in [0.15, 0.2) is 36.4 Å². The summed E-state index contributed by atoms with van der Waals surface area (Å²) >= 11 is 0. The fourth-order valence-electron chi connectivity index (χ4n) is 3.02. The van der Waals surface area contributed by atoms with E-state index >= 15 is 0 Å². The Morgan fingerprint density at radius 1 is 0.857 bits per heavy atom. The number of benzene rings is 1. The summed E-state index contributed by atoms with van der Waals surface area (Å²) in [7, 11) is 0. The van der Waals surface area contributed by atoms with Gasteiger partial charge >= 0.3 is 11.9 Å². The highest BCUT2D eigenvalue weighted by atomic mass is 16.5. The van der Waals surface area contributed by atoms with Crippen LogP contribution in [-0.2, 0) is 16.0 Å². The Morgan fingerprint density at radius 3 is 2.04 bits per heavy atom. The summed E-state index contributed by atoms with van der Waals surface area (Å²) < 4.78 is 5.29. The SMILES string of the molecule is CCCCCC/C=C\CCCCCCCC(=O)Oc1ccc(CC(=O)O)cc1. The second-order valence-corrected chi connectivity index (χ2v) is 7.32. The van der Waals surface area contributed by atoms with Crippen LogP contribution in [0.25, 0.3) is 0 Å². The summed E-state index contributed by atoms with van der Waals surface area (Å²) in [6.45, 7) is 2.24. The predicted octanol–water partition coefficient (Wildman–Crippen LogP) is 6.48. The van der Waals surface area contributed by atoms with Gasteiger partial charge in [-0.3, -0.25) is 9.59 Å². The second-order valence-electron chi connectivity index (χ2n) is 7.32. The van der Waals surface area contributed by atoms with Crippen molar-refractivity contribution in [2.45, 2.75) is 90.4 Å². The van der Waals surface area contributed by atoms with Gasteiger partial charge in [-0.05, 0) is 49.8 Å². The Labute approximate surface area is 170 Å². The second kappa shape index (κ2) is 15.9. The van der Waals surface area contributed by atoms with Crippen LogP contribution in [0.4, 0.5) is 0 Å². The molecule has 4 heteroatoms. The number of ether oxygens (including phenoxy) is 1. The molecule has 0 aromatic heterocycles. The lowest BCUT2D eigenvalue weighted by molar-refractivity contribution is -0.136. The maximum Gasteiger partial charge on any atom is 0.311 e. The minimum absolute atomic E-state index is 0.0248. The van der Waals surface area contributed by atoms with Crippen molar-refractivity contribution in [3.8, 4) is 5.75 Å². The lowest BCUT2D eigenvalue weighted by atomic mass is 10.1. The van der Waals surface area contributed by atoms with E-state index in [0.717, 1.165) is 25.7 Å². The molecule has 0 aliphatic rings. The van der Waals surface area contributed by atoms with E-state index < -0.39 is 5.97 Å². The Balaban J connectivity index is 1.99. The Morgan fingerprint density at radius 2 is 1.43 bits per heavy atom. The van der Waals surface area contributed by atoms with Crippen LogP contribution in [0.5, 0.6) is 5.75 Å². The summed E-state index contributed by atoms with van der Waals surface area (Å²) in [4.78, 5) is 22.5. The number of esters is 1. The van der Waals surface area contributed by atoms with E-state index in [9.17, 15) is 9.59 Å². The molecule has 28 heavy (non-hydrogen) atoms. The van der Waals surface area contributed by atoms with Crippen molar-refractivity contribution in [1.82, 2.24) is 0 Å². The number of carboxylic acid groups (broad SMARTS) is 1. The molecule has 1 aromatic rings. The molecular formula is C24H36O4. The van der Waals surface area contributed by atoms with Crippen LogP contribution in [-0.4, -0.2) is 17.0 Å². The van der Waals surface area contributed by atoms with Crippen molar-refractivity contribution in [3.05, 3.63) is 42.0 Å². The van der Waals surface area contributed by atoms with E-state index in [-0.39, 0.29) is 12.4 Å². The largest absolute Gasteiger partial charge is 0.481 e. The van der Waals surface area contributed by atoms with Gasteiger partial charge in [0.25, 0.3) is 0 Å². The van der Waals surface area contributed by atoms with Crippen LogP contribution in [0.1, 0.15) is 89.5 Å². The molecule has 0 bridgehead atoms. The third kappa shape index (κ3) is 13.1. The maximum atomic E-state index is 11.9. The van der Waals surface area contributed by atoms with E-state index in [1.54, 1.807) is 24.3 Å². The first-order chi connectivity index (χ1) is 13.6. The fourth-order valence-corrected chi connectivity index (χ4v) is 3.02. The van der Waals surface area contributed by atoms with Crippen molar-refractivity contribution in [2.75, 3.05) is 0 Å². The molecular weight excluding hydrogens is 352 g/mol. The van der Waals surface area contributed by atoms with E-state index in [2.05, 4.69) is 19.1 Å². The highest BCUT2D eigenvalue weighted by molar-refractivity contribution is 5.72. The summed E-state index contributed by atoms with van der Waals surface area (Å²) in [5, 5.41) is 8.74. The van der Waals surface area contributed by atoms with E-state index in [1.165, 1.54) is 44.9 Å². The Hall–Kier alpha value is -2.10. The van der Waals surface area contributed by atoms with Gasteiger partial charge in [-0.15, -0.1) is 0 Å². The molecule has 0 spiro atoms. The Kier molecular flexibility index (Phi) is 13.6. The molecule has 1 N–H and O–H groups in total. The number of carboxylic acids is 1. The third-order valence-electron chi connectivity index (χ3n) is 4.65. The average Bonchev–Trinajstić information content (AvgIpc) is 2.66. The molecule has 0 atom stereocenters. The van der Waals surface area contributed by atoms with Gasteiger partial charge in [0.1, 0.15) is 5.75 Å². The topological polar surface area (TPSA) is 63.6 Å². The monoisotopic (exact) mass is 388 g/mol. The molecule has 0 aliphatic heterocycles. The quantitative estimate of drug-likeness (QED) is 0.152. The molecule has 0 radical (unpaired) electrons. The van der Waals surface area contributed by atoms with Crippen LogP contribution in [0, 0.1) is 0 Å². The molecule has 0 heterocycles. The van der Waals surface area contributed by atoms with Gasteiger partial charge in [0, 0.05) is 6.42 Å². The smallest absolute Gasteiger partial charge is 0.311 e. The minimum atomic E-state index is -0.872. The Bertz CT molecular complexity index is 575. The number of allylic oxidation sites excluding steroid dienone is 2. The minimum Gasteiger partial charge on any atom is -0.481 e. The van der Waals surface area contributed by atoms with Crippen molar-refractivity contribution in [2.24, 2.45) is 0 Å². The number of unbranched alkanes of at least 4 members (excludes halogenated alkanes) is 9. The molecule has 0 amide bonds. The molecule has 156 valence electrons. The van der Waals surface area contributed by atoms with Gasteiger partial charge in [0.15, 0.2) is 0 Å². The zero-order valence-corrected chi connectivity index (χ0v) is 17.3. The van der Waals surface area contributed by atoms with Gasteiger partial charge < -0.3 is 9.84 Å². The molecule has 0 unspecified atom stereocenters. The molecule has 1 aromatic carbocycles. The van der Waals surface area contributed by atoms with Gasteiger partial charge in [0.05, 0.1) is 6.42 Å². The number of aliphatic carboxylic acids is 1. The average molecular weight is 389 g/mol. The molecule has 0 fully saturated rings. The van der Waals surface area contributed by atoms with Crippen LogP contribution >= 0.6 is 0 Å². The molecule has 1 rings (SSSR count). The van der Waals surface area contributed by atoms with Gasteiger partial charge in [-0.2, -0.15) is 0 Å². The first-order valence-electron chi connectivity index (χ1n) is 10.8. The first kappa shape index (κ1) is 23.9. The van der Waals surface area contributed by atoms with Crippen molar-refractivity contribution in [1.29, 1.82) is 0 Å². The first-order valence-corrected chi connectivity index (χ1v) is 10.8. The number of carbonyl (C=O) groups is 2. The van der Waals surface area contributed by atoms with Gasteiger partial charge in [-0.1, -0.05) is 69.7 Å². The van der Waals surface area contributed by atoms with Crippen molar-refractivity contribution >= 4 is 11.9 Å². The highest BCUT2D eigenvalue weighted by Crippen LogP contribution is 2.15. The normalized spacial score (nSPS) is 11.0. The third-order valence-corrected chi connectivity index (χ3v) is 4.65. The summed E-state index contributed by atoms with van der Waals surface area (Å²) in [5.41, 5.74) is 0.693. The zero-order chi connectivity index (χ0) is 20.5. The van der Waals surface area contributed by atoms with Crippen LogP contribution in [0.2, 0.25) is 0 Å². The van der Waals surface area contributed by atoms with Gasteiger partial charge in [-0.25, -0.2) is 0 Å². The highest BCUT2D eigenvalue weighted by Gasteiger charge is 2.06. The lowest BCUT2D eigenvalue weighted by Crippen LogP contribution is -2.07. The predicted molar refractivity (Wildman–Crippen MR) is 114 cm³/mol. The standard InChI is InChI=1S/C24H36O4/c1-2-3-4-5-6-7-8-9-10-11-12-13-14-15-24(27)28-22-18-16-21(17-19-22)20-23(25)26/h7-8,16-19H,2-6,9-15,20H2,1H3,(H,25,26)/b8-7-. The van der Waals surface area contributed by atoms with Crippen LogP contribution < -0.4 is 4.74 Å². The fraction of sp³-hybridized carbons (Fsp3) is 0.583. The molecule has 0 aliphatic carbocycles. The molecule has 4 nitrogen and oxygen atoms in total. The number of hydrogen-bond donors (Lipinski definition) is 1. The molecule has 0 saturated carbocycles. The van der Waals surface area contributed by atoms with E-state index in [0.29, 0.717) is 17.7 Å². The number of carbonyl (C=O) groups excluding carboxylic acids is 1. The zero-order valence-electron chi connectivity index (χ0n) is 17.3. The number of rotatable bonds is 16. The summed E-state index contributed by atoms with van der Waals surface area (Å²) in [5.74, 6) is -0.624. The van der Waals surface area contributed by atoms with E-state index in [4.69, 9.17) is 9.84 Å². The summed E-state index contributed by atoms with van der Waals surface area (Å²) in [6, 6.07) is 6.65.